The van der Waals surface area contributed by atoms with Gasteiger partial charge in [-0.2, -0.15) is 4.99 Å². The van der Waals surface area contributed by atoms with Crippen molar-refractivity contribution in [2.24, 2.45) is 10.1 Å². The van der Waals surface area contributed by atoms with Gasteiger partial charge in [-0.05, 0) is 17.2 Å². The molecule has 88 valence electrons. The molecule has 0 radical (unpaired) electrons. The van der Waals surface area contributed by atoms with Crippen LogP contribution in [0.4, 0.5) is 5.69 Å². The van der Waals surface area contributed by atoms with Gasteiger partial charge in [0, 0.05) is 6.92 Å². The van der Waals surface area contributed by atoms with Crippen LogP contribution in [0.2, 0.25) is 10.0 Å². The highest BCUT2D eigenvalue weighted by atomic mass is 35.5. The van der Waals surface area contributed by atoms with E-state index in [0.717, 1.165) is 0 Å². The van der Waals surface area contributed by atoms with Gasteiger partial charge >= 0.3 is 5.91 Å². The van der Waals surface area contributed by atoms with Crippen LogP contribution in [-0.4, -0.2) is 18.1 Å². The lowest BCUT2D eigenvalue weighted by atomic mass is 10.2. The van der Waals surface area contributed by atoms with Gasteiger partial charge < -0.3 is 0 Å². The summed E-state index contributed by atoms with van der Waals surface area (Å²) in [6.07, 6.45) is 1.34. The summed E-state index contributed by atoms with van der Waals surface area (Å²) >= 11 is 12.3. The monoisotopic (exact) mass is 270 g/mol. The molecule has 1 unspecified atom stereocenters. The number of rotatable bonds is 1. The molecular formula is C11H10Cl2N3O+. The lowest BCUT2D eigenvalue weighted by molar-refractivity contribution is -0.124. The molecule has 0 aromatic heterocycles. The number of halogens is 2. The Balaban J connectivity index is 2.77. The highest BCUT2D eigenvalue weighted by molar-refractivity contribution is 6.40. The average Bonchev–Trinajstić information content (AvgIpc) is 2.61. The van der Waals surface area contributed by atoms with Crippen LogP contribution in [-0.2, 0) is 4.79 Å². The number of aliphatic imine (C=N–C) groups is 1. The summed E-state index contributed by atoms with van der Waals surface area (Å²) < 4.78 is -0.390. The third kappa shape index (κ3) is 1.69. The number of amidine groups is 1. The average molecular weight is 271 g/mol. The van der Waals surface area contributed by atoms with Crippen LogP contribution in [0.15, 0.2) is 28.3 Å². The SMILES string of the molecule is CC(=O)[N+]1(c2c(Cl)cccc2Cl)N=CN=C1C. The van der Waals surface area contributed by atoms with Crippen LogP contribution in [0.1, 0.15) is 13.8 Å². The minimum atomic E-state index is -0.390. The second-order valence-electron chi connectivity index (χ2n) is 3.63. The summed E-state index contributed by atoms with van der Waals surface area (Å²) in [5.41, 5.74) is 0.443. The van der Waals surface area contributed by atoms with Crippen molar-refractivity contribution >= 4 is 47.0 Å². The molecule has 0 saturated heterocycles. The molecule has 0 saturated carbocycles. The number of benzene rings is 1. The largest absolute Gasteiger partial charge is 0.348 e. The Morgan fingerprint density at radius 2 is 1.88 bits per heavy atom. The smallest absolute Gasteiger partial charge is 0.227 e. The van der Waals surface area contributed by atoms with Gasteiger partial charge in [0.1, 0.15) is 10.0 Å². The first-order valence-electron chi connectivity index (χ1n) is 4.94. The van der Waals surface area contributed by atoms with E-state index in [1.807, 2.05) is 0 Å². The Kier molecular flexibility index (Phi) is 3.03. The quantitative estimate of drug-likeness (QED) is 0.723. The molecule has 2 rings (SSSR count). The van der Waals surface area contributed by atoms with Gasteiger partial charge in [0.25, 0.3) is 0 Å². The van der Waals surface area contributed by atoms with E-state index in [-0.39, 0.29) is 5.91 Å². The molecule has 0 spiro atoms. The molecule has 0 aliphatic carbocycles. The minimum Gasteiger partial charge on any atom is -0.227 e. The van der Waals surface area contributed by atoms with Gasteiger partial charge in [0.2, 0.25) is 11.5 Å². The molecule has 6 heteroatoms. The minimum absolute atomic E-state index is 0.213. The van der Waals surface area contributed by atoms with E-state index in [9.17, 15) is 4.79 Å². The maximum absolute atomic E-state index is 11.9. The van der Waals surface area contributed by atoms with Crippen LogP contribution >= 0.6 is 23.2 Å². The van der Waals surface area contributed by atoms with Gasteiger partial charge in [-0.3, -0.25) is 0 Å². The standard InChI is InChI=1S/C11H10Cl2N3O/c1-7-14-6-15-16(7,8(2)17)11-9(12)4-3-5-10(11)13/h3-6H,1-2H3/q+1. The zero-order valence-corrected chi connectivity index (χ0v) is 10.8. The molecule has 0 fully saturated rings. The van der Waals surface area contributed by atoms with Crippen molar-refractivity contribution in [1.82, 2.24) is 4.59 Å². The van der Waals surface area contributed by atoms with E-state index in [0.29, 0.717) is 21.6 Å². The Bertz CT molecular complexity index is 533. The van der Waals surface area contributed by atoms with Crippen molar-refractivity contribution in [3.05, 3.63) is 28.2 Å². The molecule has 0 N–H and O–H groups in total. The van der Waals surface area contributed by atoms with Crippen molar-refractivity contribution < 1.29 is 4.79 Å². The number of carbonyl (C=O) groups excluding carboxylic acids is 1. The molecule has 1 aliphatic rings. The fourth-order valence-corrected chi connectivity index (χ4v) is 2.48. The van der Waals surface area contributed by atoms with E-state index in [4.69, 9.17) is 23.2 Å². The molecular weight excluding hydrogens is 261 g/mol. The highest BCUT2D eigenvalue weighted by Crippen LogP contribution is 2.40. The van der Waals surface area contributed by atoms with Gasteiger partial charge in [-0.1, -0.05) is 33.9 Å². The first-order valence-corrected chi connectivity index (χ1v) is 5.69. The predicted octanol–water partition coefficient (Wildman–Crippen LogP) is 3.22. The summed E-state index contributed by atoms with van der Waals surface area (Å²) in [5, 5.41) is 4.91. The van der Waals surface area contributed by atoms with Crippen LogP contribution in [0.3, 0.4) is 0 Å². The Morgan fingerprint density at radius 3 is 2.29 bits per heavy atom. The van der Waals surface area contributed by atoms with Crippen LogP contribution in [0.5, 0.6) is 0 Å². The number of hydrogen-bond donors (Lipinski definition) is 0. The number of hydrogen-bond acceptors (Lipinski definition) is 3. The zero-order chi connectivity index (χ0) is 12.6. The van der Waals surface area contributed by atoms with Crippen LogP contribution < -0.4 is 4.59 Å². The van der Waals surface area contributed by atoms with E-state index in [1.165, 1.54) is 13.3 Å². The van der Waals surface area contributed by atoms with Crippen molar-refractivity contribution in [1.29, 1.82) is 0 Å². The third-order valence-electron chi connectivity index (χ3n) is 2.65. The second-order valence-corrected chi connectivity index (χ2v) is 4.45. The lowest BCUT2D eigenvalue weighted by Crippen LogP contribution is -2.50. The molecule has 0 bridgehead atoms. The molecule has 17 heavy (non-hydrogen) atoms. The maximum atomic E-state index is 11.9. The van der Waals surface area contributed by atoms with E-state index >= 15 is 0 Å². The molecule has 4 nitrogen and oxygen atoms in total. The van der Waals surface area contributed by atoms with Crippen molar-refractivity contribution in [2.45, 2.75) is 13.8 Å². The fourth-order valence-electron chi connectivity index (χ4n) is 1.84. The van der Waals surface area contributed by atoms with Gasteiger partial charge in [0.05, 0.1) is 6.92 Å². The summed E-state index contributed by atoms with van der Waals surface area (Å²) in [5.74, 6) is 0.308. The molecule has 1 aromatic rings. The Labute approximate surface area is 109 Å². The maximum Gasteiger partial charge on any atom is 0.348 e. The molecule has 1 aromatic carbocycles. The van der Waals surface area contributed by atoms with Crippen molar-refractivity contribution in [3.8, 4) is 0 Å². The number of amides is 1. The van der Waals surface area contributed by atoms with Gasteiger partial charge in [-0.25, -0.2) is 4.79 Å². The molecule has 1 atom stereocenters. The number of nitrogens with zero attached hydrogens (tertiary/aromatic N) is 3. The zero-order valence-electron chi connectivity index (χ0n) is 9.32. The summed E-state index contributed by atoms with van der Waals surface area (Å²) in [6.45, 7) is 3.15. The topological polar surface area (TPSA) is 41.8 Å². The molecule has 1 amide bonds. The Hall–Kier alpha value is -1.23. The third-order valence-corrected chi connectivity index (χ3v) is 3.26. The highest BCUT2D eigenvalue weighted by Gasteiger charge is 2.46. The number of quaternary nitrogens is 1. The summed E-state index contributed by atoms with van der Waals surface area (Å²) in [6, 6.07) is 5.07. The normalized spacial score (nSPS) is 22.7. The van der Waals surface area contributed by atoms with Crippen molar-refractivity contribution in [3.63, 3.8) is 0 Å². The fraction of sp³-hybridized carbons (Fsp3) is 0.182. The van der Waals surface area contributed by atoms with E-state index in [1.54, 1.807) is 25.1 Å². The van der Waals surface area contributed by atoms with Crippen molar-refractivity contribution in [2.75, 3.05) is 0 Å². The van der Waals surface area contributed by atoms with Crippen LogP contribution in [0.25, 0.3) is 0 Å². The van der Waals surface area contributed by atoms with Gasteiger partial charge in [-0.15, -0.1) is 0 Å². The first kappa shape index (κ1) is 12.2. The van der Waals surface area contributed by atoms with E-state index in [2.05, 4.69) is 10.1 Å². The Morgan fingerprint density at radius 1 is 1.29 bits per heavy atom. The molecule has 1 aliphatic heterocycles. The number of para-hydroxylation sites is 1. The molecule has 1 heterocycles. The predicted molar refractivity (Wildman–Crippen MR) is 70.5 cm³/mol. The lowest BCUT2D eigenvalue weighted by Gasteiger charge is -2.24. The van der Waals surface area contributed by atoms with Gasteiger partial charge in [0.15, 0.2) is 6.34 Å². The first-order chi connectivity index (χ1) is 8.00. The summed E-state index contributed by atoms with van der Waals surface area (Å²) in [7, 11) is 0. The number of carbonyl (C=O) groups is 1. The second kappa shape index (κ2) is 4.22. The summed E-state index contributed by atoms with van der Waals surface area (Å²) in [4.78, 5) is 16.0. The van der Waals surface area contributed by atoms with Crippen LogP contribution in [0, 0.1) is 0 Å². The van der Waals surface area contributed by atoms with E-state index < -0.39 is 4.59 Å².